The number of benzene rings is 1. The molecule has 0 radical (unpaired) electrons. The minimum atomic E-state index is -0.0867. The normalized spacial score (nSPS) is 12.2. The number of amides is 1. The van der Waals surface area contributed by atoms with Gasteiger partial charge >= 0.3 is 0 Å². The first-order chi connectivity index (χ1) is 9.52. The molecule has 0 spiro atoms. The number of carbonyl (C=O) groups is 1. The van der Waals surface area contributed by atoms with Gasteiger partial charge in [-0.25, -0.2) is 0 Å². The molecular formula is C15H22BrNO3. The Kier molecular flexibility index (Phi) is 7.62. The van der Waals surface area contributed by atoms with Crippen LogP contribution in [0, 0.1) is 0 Å². The number of hydrogen-bond acceptors (Lipinski definition) is 3. The van der Waals surface area contributed by atoms with E-state index >= 15 is 0 Å². The predicted octanol–water partition coefficient (Wildman–Crippen LogP) is 3.00. The van der Waals surface area contributed by atoms with E-state index < -0.39 is 0 Å². The molecule has 5 heteroatoms. The fourth-order valence-corrected chi connectivity index (χ4v) is 2.18. The van der Waals surface area contributed by atoms with Crippen molar-refractivity contribution in [2.45, 2.75) is 31.2 Å². The maximum atomic E-state index is 12.0. The molecule has 1 aromatic rings. The van der Waals surface area contributed by atoms with E-state index in [1.54, 1.807) is 19.2 Å². The van der Waals surface area contributed by atoms with Gasteiger partial charge in [0.2, 0.25) is 0 Å². The third kappa shape index (κ3) is 6.39. The summed E-state index contributed by atoms with van der Waals surface area (Å²) in [6.45, 7) is 5.15. The van der Waals surface area contributed by atoms with Crippen LogP contribution in [0.2, 0.25) is 0 Å². The second kappa shape index (κ2) is 8.97. The quantitative estimate of drug-likeness (QED) is 0.738. The molecule has 1 amide bonds. The summed E-state index contributed by atoms with van der Waals surface area (Å²) in [6.07, 6.45) is 0.915. The molecule has 1 unspecified atom stereocenters. The van der Waals surface area contributed by atoms with Crippen LogP contribution in [0.15, 0.2) is 24.3 Å². The average Bonchev–Trinajstić information content (AvgIpc) is 2.38. The number of halogens is 1. The van der Waals surface area contributed by atoms with Crippen molar-refractivity contribution >= 4 is 21.8 Å². The lowest BCUT2D eigenvalue weighted by molar-refractivity contribution is 0.0951. The first kappa shape index (κ1) is 17.0. The van der Waals surface area contributed by atoms with Crippen LogP contribution >= 0.6 is 15.9 Å². The van der Waals surface area contributed by atoms with Gasteiger partial charge in [-0.3, -0.25) is 4.79 Å². The summed E-state index contributed by atoms with van der Waals surface area (Å²) in [5.74, 6) is 0.627. The van der Waals surface area contributed by atoms with Crippen LogP contribution in [-0.2, 0) is 4.74 Å². The molecule has 0 aliphatic carbocycles. The second-order valence-electron chi connectivity index (χ2n) is 4.79. The van der Waals surface area contributed by atoms with Gasteiger partial charge in [0, 0.05) is 24.0 Å². The van der Waals surface area contributed by atoms with E-state index in [1.165, 1.54) is 0 Å². The van der Waals surface area contributed by atoms with Gasteiger partial charge in [-0.05, 0) is 38.5 Å². The van der Waals surface area contributed by atoms with Crippen molar-refractivity contribution in [2.24, 2.45) is 0 Å². The van der Waals surface area contributed by atoms with Crippen LogP contribution in [0.1, 0.15) is 30.6 Å². The molecule has 0 aliphatic rings. The van der Waals surface area contributed by atoms with Crippen molar-refractivity contribution < 1.29 is 14.3 Å². The van der Waals surface area contributed by atoms with Crippen molar-refractivity contribution in [2.75, 3.05) is 20.3 Å². The van der Waals surface area contributed by atoms with E-state index in [2.05, 4.69) is 21.2 Å². The highest BCUT2D eigenvalue weighted by atomic mass is 79.9. The van der Waals surface area contributed by atoms with Crippen LogP contribution in [0.25, 0.3) is 0 Å². The van der Waals surface area contributed by atoms with E-state index in [1.807, 2.05) is 26.0 Å². The number of methoxy groups -OCH3 is 1. The molecule has 0 aromatic heterocycles. The maximum Gasteiger partial charge on any atom is 0.251 e. The van der Waals surface area contributed by atoms with Crippen LogP contribution in [0.3, 0.4) is 0 Å². The zero-order valence-corrected chi connectivity index (χ0v) is 13.8. The monoisotopic (exact) mass is 343 g/mol. The third-order valence-electron chi connectivity index (χ3n) is 2.56. The first-order valence-corrected chi connectivity index (χ1v) is 7.62. The van der Waals surface area contributed by atoms with Crippen molar-refractivity contribution in [1.29, 1.82) is 0 Å². The number of ether oxygens (including phenoxy) is 2. The van der Waals surface area contributed by atoms with Gasteiger partial charge in [0.25, 0.3) is 5.91 Å². The standard InChI is InChI=1S/C15H22BrNO3/c1-11(2)20-14-6-4-5-12(9-14)15(18)17-8-7-13(16)10-19-3/h4-6,9,11,13H,7-8,10H2,1-3H3,(H,17,18). The molecule has 1 rings (SSSR count). The van der Waals surface area contributed by atoms with Gasteiger partial charge in [0.1, 0.15) is 5.75 Å². The minimum absolute atomic E-state index is 0.0867. The number of alkyl halides is 1. The van der Waals surface area contributed by atoms with Gasteiger partial charge in [0.05, 0.1) is 12.7 Å². The summed E-state index contributed by atoms with van der Waals surface area (Å²) in [5, 5.41) is 2.89. The molecule has 1 aromatic carbocycles. The highest BCUT2D eigenvalue weighted by Gasteiger charge is 2.08. The molecular weight excluding hydrogens is 322 g/mol. The average molecular weight is 344 g/mol. The second-order valence-corrected chi connectivity index (χ2v) is 6.09. The van der Waals surface area contributed by atoms with Gasteiger partial charge in [0.15, 0.2) is 0 Å². The van der Waals surface area contributed by atoms with Crippen LogP contribution in [0.5, 0.6) is 5.75 Å². The Hall–Kier alpha value is -1.07. The zero-order valence-electron chi connectivity index (χ0n) is 12.2. The summed E-state index contributed by atoms with van der Waals surface area (Å²) in [6, 6.07) is 7.22. The summed E-state index contributed by atoms with van der Waals surface area (Å²) in [5.41, 5.74) is 0.612. The zero-order chi connectivity index (χ0) is 15.0. The number of hydrogen-bond donors (Lipinski definition) is 1. The summed E-state index contributed by atoms with van der Waals surface area (Å²) < 4.78 is 10.6. The Morgan fingerprint density at radius 1 is 1.40 bits per heavy atom. The fourth-order valence-electron chi connectivity index (χ4n) is 1.69. The SMILES string of the molecule is COCC(Br)CCNC(=O)c1cccc(OC(C)C)c1. The molecule has 20 heavy (non-hydrogen) atoms. The molecule has 0 saturated heterocycles. The van der Waals surface area contributed by atoms with E-state index in [-0.39, 0.29) is 16.8 Å². The largest absolute Gasteiger partial charge is 0.491 e. The highest BCUT2D eigenvalue weighted by molar-refractivity contribution is 9.09. The van der Waals surface area contributed by atoms with Gasteiger partial charge in [-0.2, -0.15) is 0 Å². The third-order valence-corrected chi connectivity index (χ3v) is 3.28. The van der Waals surface area contributed by atoms with Crippen molar-refractivity contribution in [3.05, 3.63) is 29.8 Å². The van der Waals surface area contributed by atoms with E-state index in [0.717, 1.165) is 6.42 Å². The molecule has 1 N–H and O–H groups in total. The molecule has 0 heterocycles. The predicted molar refractivity (Wildman–Crippen MR) is 83.7 cm³/mol. The highest BCUT2D eigenvalue weighted by Crippen LogP contribution is 2.15. The summed E-state index contributed by atoms with van der Waals surface area (Å²) in [7, 11) is 1.66. The number of rotatable bonds is 8. The molecule has 4 nitrogen and oxygen atoms in total. The summed E-state index contributed by atoms with van der Waals surface area (Å²) in [4.78, 5) is 12.3. The number of carbonyl (C=O) groups excluding carboxylic acids is 1. The Morgan fingerprint density at radius 3 is 2.80 bits per heavy atom. The molecule has 0 fully saturated rings. The maximum absolute atomic E-state index is 12.0. The topological polar surface area (TPSA) is 47.6 Å². The van der Waals surface area contributed by atoms with Crippen LogP contribution in [-0.4, -0.2) is 37.1 Å². The Morgan fingerprint density at radius 2 is 2.15 bits per heavy atom. The molecule has 0 saturated carbocycles. The number of nitrogens with one attached hydrogen (secondary N) is 1. The minimum Gasteiger partial charge on any atom is -0.491 e. The lowest BCUT2D eigenvalue weighted by atomic mass is 10.2. The Balaban J connectivity index is 2.47. The van der Waals surface area contributed by atoms with Crippen LogP contribution in [0.4, 0.5) is 0 Å². The van der Waals surface area contributed by atoms with Crippen molar-refractivity contribution in [1.82, 2.24) is 5.32 Å². The lowest BCUT2D eigenvalue weighted by Crippen LogP contribution is -2.27. The molecule has 1 atom stereocenters. The fraction of sp³-hybridized carbons (Fsp3) is 0.533. The van der Waals surface area contributed by atoms with Crippen LogP contribution < -0.4 is 10.1 Å². The van der Waals surface area contributed by atoms with E-state index in [4.69, 9.17) is 9.47 Å². The Labute approximate surface area is 129 Å². The van der Waals surface area contributed by atoms with Gasteiger partial charge < -0.3 is 14.8 Å². The smallest absolute Gasteiger partial charge is 0.251 e. The molecule has 0 aliphatic heterocycles. The van der Waals surface area contributed by atoms with E-state index in [9.17, 15) is 4.79 Å². The summed E-state index contributed by atoms with van der Waals surface area (Å²) >= 11 is 3.49. The van der Waals surface area contributed by atoms with Crippen molar-refractivity contribution in [3.63, 3.8) is 0 Å². The molecule has 0 bridgehead atoms. The van der Waals surface area contributed by atoms with Gasteiger partial charge in [-0.1, -0.05) is 22.0 Å². The molecule has 112 valence electrons. The van der Waals surface area contributed by atoms with Gasteiger partial charge in [-0.15, -0.1) is 0 Å². The van der Waals surface area contributed by atoms with E-state index in [0.29, 0.717) is 24.5 Å². The first-order valence-electron chi connectivity index (χ1n) is 6.71. The van der Waals surface area contributed by atoms with Crippen molar-refractivity contribution in [3.8, 4) is 5.75 Å². The lowest BCUT2D eigenvalue weighted by Gasteiger charge is -2.12. The Bertz CT molecular complexity index is 423.